The minimum Gasteiger partial charge on any atom is -0.451 e. The molecule has 1 aliphatic heterocycles. The Labute approximate surface area is 146 Å². The zero-order valence-electron chi connectivity index (χ0n) is 14.5. The van der Waals surface area contributed by atoms with Crippen LogP contribution in [0.5, 0.6) is 0 Å². The summed E-state index contributed by atoms with van der Waals surface area (Å²) in [4.78, 5) is 49.5. The van der Waals surface area contributed by atoms with Crippen LogP contribution in [0.3, 0.4) is 0 Å². The van der Waals surface area contributed by atoms with Gasteiger partial charge in [-0.3, -0.25) is 19.3 Å². The predicted octanol–water partition coefficient (Wildman–Crippen LogP) is 0.841. The number of urea groups is 1. The molecule has 1 saturated heterocycles. The Balaban J connectivity index is 1.50. The summed E-state index contributed by atoms with van der Waals surface area (Å²) in [6.45, 7) is 1.03. The molecule has 8 heteroatoms. The fourth-order valence-corrected chi connectivity index (χ4v) is 3.94. The molecule has 25 heavy (non-hydrogen) atoms. The second-order valence-corrected chi connectivity index (χ2v) is 7.23. The van der Waals surface area contributed by atoms with Gasteiger partial charge in [-0.05, 0) is 32.6 Å². The average molecular weight is 351 g/mol. The van der Waals surface area contributed by atoms with Crippen LogP contribution in [0, 0.1) is 0 Å². The maximum Gasteiger partial charge on any atom is 0.327 e. The van der Waals surface area contributed by atoms with Crippen LogP contribution >= 0.6 is 0 Å². The molecular weight excluding hydrogens is 326 g/mol. The lowest BCUT2D eigenvalue weighted by molar-refractivity contribution is -0.156. The van der Waals surface area contributed by atoms with Crippen molar-refractivity contribution in [3.63, 3.8) is 0 Å². The van der Waals surface area contributed by atoms with Crippen molar-refractivity contribution in [2.75, 3.05) is 6.54 Å². The fraction of sp³-hybridized carbons (Fsp3) is 0.765. The zero-order chi connectivity index (χ0) is 18.0. The molecule has 1 spiro atoms. The van der Waals surface area contributed by atoms with Crippen molar-refractivity contribution in [2.45, 2.75) is 76.0 Å². The molecule has 3 rings (SSSR count). The van der Waals surface area contributed by atoms with E-state index in [-0.39, 0.29) is 17.9 Å². The number of nitrogens with zero attached hydrogens (tertiary/aromatic N) is 1. The molecule has 0 aromatic heterocycles. The molecule has 2 saturated carbocycles. The van der Waals surface area contributed by atoms with Gasteiger partial charge in [-0.25, -0.2) is 4.79 Å². The Morgan fingerprint density at radius 1 is 1.24 bits per heavy atom. The number of nitrogens with one attached hydrogen (secondary N) is 2. The van der Waals surface area contributed by atoms with Crippen molar-refractivity contribution in [1.29, 1.82) is 0 Å². The van der Waals surface area contributed by atoms with Crippen LogP contribution in [-0.2, 0) is 19.1 Å². The minimum absolute atomic E-state index is 0.141. The Hall–Kier alpha value is -2.12. The van der Waals surface area contributed by atoms with Gasteiger partial charge in [0.05, 0.1) is 0 Å². The fourth-order valence-electron chi connectivity index (χ4n) is 3.94. The van der Waals surface area contributed by atoms with Crippen LogP contribution < -0.4 is 10.6 Å². The second kappa shape index (κ2) is 7.01. The van der Waals surface area contributed by atoms with E-state index in [1.54, 1.807) is 0 Å². The third-order valence-corrected chi connectivity index (χ3v) is 5.37. The number of amides is 4. The van der Waals surface area contributed by atoms with Gasteiger partial charge < -0.3 is 15.4 Å². The first kappa shape index (κ1) is 17.7. The number of esters is 1. The number of ether oxygens (including phenoxy) is 1. The number of hydrogen-bond donors (Lipinski definition) is 2. The third kappa shape index (κ3) is 3.62. The quantitative estimate of drug-likeness (QED) is 0.564. The van der Waals surface area contributed by atoms with Crippen LogP contribution in [-0.4, -0.2) is 52.9 Å². The van der Waals surface area contributed by atoms with Crippen LogP contribution in [0.4, 0.5) is 4.79 Å². The molecular formula is C17H25N3O5. The smallest absolute Gasteiger partial charge is 0.327 e. The van der Waals surface area contributed by atoms with E-state index in [4.69, 9.17) is 4.74 Å². The highest BCUT2D eigenvalue weighted by atomic mass is 16.5. The van der Waals surface area contributed by atoms with E-state index in [1.165, 1.54) is 6.92 Å². The van der Waals surface area contributed by atoms with Crippen LogP contribution in [0.25, 0.3) is 0 Å². The summed E-state index contributed by atoms with van der Waals surface area (Å²) in [5.41, 5.74) is -0.844. The summed E-state index contributed by atoms with van der Waals surface area (Å²) < 4.78 is 5.11. The predicted molar refractivity (Wildman–Crippen MR) is 87.4 cm³/mol. The SMILES string of the molecule is C[C@H](OC(=O)CN1C(=O)NC2(CCCC2)C1=O)C(=O)NC1CCCC1. The van der Waals surface area contributed by atoms with Crippen molar-refractivity contribution in [2.24, 2.45) is 0 Å². The summed E-state index contributed by atoms with van der Waals surface area (Å²) in [6, 6.07) is -0.422. The van der Waals surface area contributed by atoms with Crippen LogP contribution in [0.2, 0.25) is 0 Å². The average Bonchev–Trinajstić information content (AvgIpc) is 3.27. The number of imide groups is 1. The normalized spacial score (nSPS) is 23.8. The van der Waals surface area contributed by atoms with Gasteiger partial charge in [0, 0.05) is 6.04 Å². The summed E-state index contributed by atoms with van der Waals surface area (Å²) in [7, 11) is 0. The maximum absolute atomic E-state index is 12.5. The van der Waals surface area contributed by atoms with E-state index in [9.17, 15) is 19.2 Å². The first-order valence-corrected chi connectivity index (χ1v) is 9.05. The minimum atomic E-state index is -0.950. The Bertz CT molecular complexity index is 579. The van der Waals surface area contributed by atoms with Crippen molar-refractivity contribution in [3.8, 4) is 0 Å². The molecule has 0 aromatic carbocycles. The van der Waals surface area contributed by atoms with Crippen molar-refractivity contribution in [3.05, 3.63) is 0 Å². The van der Waals surface area contributed by atoms with Crippen LogP contribution in [0.15, 0.2) is 0 Å². The first-order valence-electron chi connectivity index (χ1n) is 9.05. The molecule has 0 unspecified atom stereocenters. The number of rotatable bonds is 5. The highest BCUT2D eigenvalue weighted by molar-refractivity contribution is 6.08. The van der Waals surface area contributed by atoms with Crippen molar-refractivity contribution < 1.29 is 23.9 Å². The number of carbonyl (C=O) groups excluding carboxylic acids is 4. The van der Waals surface area contributed by atoms with E-state index in [1.807, 2.05) is 0 Å². The topological polar surface area (TPSA) is 105 Å². The zero-order valence-corrected chi connectivity index (χ0v) is 14.5. The second-order valence-electron chi connectivity index (χ2n) is 7.23. The molecule has 1 atom stereocenters. The molecule has 0 radical (unpaired) electrons. The van der Waals surface area contributed by atoms with Gasteiger partial charge in [0.15, 0.2) is 6.10 Å². The van der Waals surface area contributed by atoms with E-state index >= 15 is 0 Å². The van der Waals surface area contributed by atoms with E-state index in [0.29, 0.717) is 12.8 Å². The van der Waals surface area contributed by atoms with E-state index in [2.05, 4.69) is 10.6 Å². The highest BCUT2D eigenvalue weighted by Gasteiger charge is 2.52. The lowest BCUT2D eigenvalue weighted by atomic mass is 9.98. The van der Waals surface area contributed by atoms with Gasteiger partial charge in [-0.1, -0.05) is 25.7 Å². The molecule has 3 fully saturated rings. The van der Waals surface area contributed by atoms with Gasteiger partial charge in [0.2, 0.25) is 0 Å². The summed E-state index contributed by atoms with van der Waals surface area (Å²) in [5, 5.41) is 5.57. The highest BCUT2D eigenvalue weighted by Crippen LogP contribution is 2.34. The molecule has 138 valence electrons. The van der Waals surface area contributed by atoms with Crippen molar-refractivity contribution in [1.82, 2.24) is 15.5 Å². The molecule has 8 nitrogen and oxygen atoms in total. The van der Waals surface area contributed by atoms with Gasteiger partial charge in [-0.15, -0.1) is 0 Å². The standard InChI is InChI=1S/C17H25N3O5/c1-11(14(22)18-12-6-2-3-7-12)25-13(21)10-20-15(23)17(19-16(20)24)8-4-5-9-17/h11-12H,2-10H2,1H3,(H,18,22)(H,19,24)/t11-/m0/s1. The van der Waals surface area contributed by atoms with E-state index < -0.39 is 30.2 Å². The molecule has 2 N–H and O–H groups in total. The third-order valence-electron chi connectivity index (χ3n) is 5.37. The Kier molecular flexibility index (Phi) is 4.96. The molecule has 4 amide bonds. The van der Waals surface area contributed by atoms with Gasteiger partial charge in [-0.2, -0.15) is 0 Å². The Morgan fingerprint density at radius 2 is 1.88 bits per heavy atom. The molecule has 1 heterocycles. The van der Waals surface area contributed by atoms with Gasteiger partial charge >= 0.3 is 12.0 Å². The van der Waals surface area contributed by atoms with Crippen molar-refractivity contribution >= 4 is 23.8 Å². The largest absolute Gasteiger partial charge is 0.451 e. The van der Waals surface area contributed by atoms with Gasteiger partial charge in [0.25, 0.3) is 11.8 Å². The Morgan fingerprint density at radius 3 is 2.52 bits per heavy atom. The summed E-state index contributed by atoms with van der Waals surface area (Å²) >= 11 is 0. The molecule has 0 aromatic rings. The summed E-state index contributed by atoms with van der Waals surface area (Å²) in [5.74, 6) is -1.47. The van der Waals surface area contributed by atoms with E-state index in [0.717, 1.165) is 43.4 Å². The number of carbonyl (C=O) groups is 4. The van der Waals surface area contributed by atoms with Crippen LogP contribution in [0.1, 0.15) is 58.3 Å². The number of hydrogen-bond acceptors (Lipinski definition) is 5. The lowest BCUT2D eigenvalue weighted by Gasteiger charge is -2.20. The molecule has 0 bridgehead atoms. The lowest BCUT2D eigenvalue weighted by Crippen LogP contribution is -2.45. The van der Waals surface area contributed by atoms with Gasteiger partial charge in [0.1, 0.15) is 12.1 Å². The monoisotopic (exact) mass is 351 g/mol. The first-order chi connectivity index (χ1) is 11.9. The summed E-state index contributed by atoms with van der Waals surface area (Å²) in [6.07, 6.45) is 6.07. The molecule has 3 aliphatic rings. The maximum atomic E-state index is 12.5. The molecule has 2 aliphatic carbocycles.